The molecule has 5 nitrogen and oxygen atoms in total. The number of amides is 3. The van der Waals surface area contributed by atoms with Crippen molar-refractivity contribution in [3.05, 3.63) is 24.3 Å². The molecule has 3 amide bonds. The first-order chi connectivity index (χ1) is 13.9. The molecule has 0 unspecified atom stereocenters. The molecule has 0 radical (unpaired) electrons. The highest BCUT2D eigenvalue weighted by Crippen LogP contribution is 2.55. The number of nitrogens with one attached hydrogen (secondary N) is 3. The number of hydrogen-bond donors (Lipinski definition) is 3. The minimum atomic E-state index is -2.47. The highest BCUT2D eigenvalue weighted by molar-refractivity contribution is 7.99. The lowest BCUT2D eigenvalue weighted by Crippen LogP contribution is -2.61. The second-order valence-electron chi connectivity index (χ2n) is 8.78. The van der Waals surface area contributed by atoms with Gasteiger partial charge in [-0.2, -0.15) is 8.78 Å². The summed E-state index contributed by atoms with van der Waals surface area (Å²) in [4.78, 5) is 24.9. The van der Waals surface area contributed by atoms with Gasteiger partial charge in [-0.25, -0.2) is 4.79 Å². The third kappa shape index (κ3) is 5.21. The molecule has 4 aliphatic carbocycles. The van der Waals surface area contributed by atoms with Gasteiger partial charge in [-0.05, 0) is 80.5 Å². The zero-order chi connectivity index (χ0) is 20.4. The Morgan fingerprint density at radius 3 is 2.17 bits per heavy atom. The SMILES string of the molecule is O=C(CCNC(=O)NC12CC3CC(CC(C3)C1)C2)Nc1ccc(SC(F)F)cc1. The molecule has 0 saturated heterocycles. The zero-order valence-electron chi connectivity index (χ0n) is 16.3. The van der Waals surface area contributed by atoms with E-state index < -0.39 is 5.76 Å². The van der Waals surface area contributed by atoms with Gasteiger partial charge in [0.15, 0.2) is 0 Å². The van der Waals surface area contributed by atoms with E-state index in [1.54, 1.807) is 24.3 Å². The highest BCUT2D eigenvalue weighted by atomic mass is 32.2. The molecule has 4 aliphatic rings. The maximum atomic E-state index is 12.4. The molecule has 4 saturated carbocycles. The monoisotopic (exact) mass is 423 g/mol. The van der Waals surface area contributed by atoms with E-state index >= 15 is 0 Å². The fraction of sp³-hybridized carbons (Fsp3) is 0.619. The number of rotatable bonds is 7. The van der Waals surface area contributed by atoms with E-state index in [1.165, 1.54) is 19.3 Å². The molecular formula is C21H27F2N3O2S. The molecule has 0 spiro atoms. The largest absolute Gasteiger partial charge is 0.338 e. The average molecular weight is 424 g/mol. The van der Waals surface area contributed by atoms with Crippen LogP contribution in [0.2, 0.25) is 0 Å². The summed E-state index contributed by atoms with van der Waals surface area (Å²) in [6, 6.07) is 6.09. The van der Waals surface area contributed by atoms with Gasteiger partial charge in [0.2, 0.25) is 5.91 Å². The lowest BCUT2D eigenvalue weighted by molar-refractivity contribution is -0.116. The molecule has 3 N–H and O–H groups in total. The molecule has 5 rings (SSSR count). The Hall–Kier alpha value is -1.83. The molecule has 4 bridgehead atoms. The summed E-state index contributed by atoms with van der Waals surface area (Å²) in [5.41, 5.74) is 0.505. The smallest absolute Gasteiger partial charge is 0.315 e. The molecule has 0 heterocycles. The summed E-state index contributed by atoms with van der Waals surface area (Å²) in [6.45, 7) is 0.253. The van der Waals surface area contributed by atoms with Crippen LogP contribution in [0.5, 0.6) is 0 Å². The van der Waals surface area contributed by atoms with E-state index in [1.807, 2.05) is 0 Å². The maximum absolute atomic E-state index is 12.4. The lowest BCUT2D eigenvalue weighted by atomic mass is 9.53. The summed E-state index contributed by atoms with van der Waals surface area (Å²) >= 11 is 0.465. The van der Waals surface area contributed by atoms with Gasteiger partial charge in [-0.15, -0.1) is 0 Å². The molecule has 158 valence electrons. The summed E-state index contributed by atoms with van der Waals surface area (Å²) in [6.07, 6.45) is 7.40. The fourth-order valence-corrected chi connectivity index (χ4v) is 6.28. The third-order valence-electron chi connectivity index (χ3n) is 6.42. The summed E-state index contributed by atoms with van der Waals surface area (Å²) in [7, 11) is 0. The van der Waals surface area contributed by atoms with Crippen LogP contribution in [0.25, 0.3) is 0 Å². The second kappa shape index (κ2) is 8.50. The Kier molecular flexibility index (Phi) is 5.99. The minimum Gasteiger partial charge on any atom is -0.338 e. The van der Waals surface area contributed by atoms with Crippen molar-refractivity contribution < 1.29 is 18.4 Å². The van der Waals surface area contributed by atoms with Crippen LogP contribution in [0.4, 0.5) is 19.3 Å². The highest BCUT2D eigenvalue weighted by Gasteiger charge is 2.51. The third-order valence-corrected chi connectivity index (χ3v) is 7.14. The topological polar surface area (TPSA) is 70.2 Å². The number of alkyl halides is 2. The van der Waals surface area contributed by atoms with Gasteiger partial charge in [0, 0.05) is 29.1 Å². The number of benzene rings is 1. The van der Waals surface area contributed by atoms with Crippen LogP contribution in [0, 0.1) is 17.8 Å². The van der Waals surface area contributed by atoms with Crippen LogP contribution >= 0.6 is 11.8 Å². The van der Waals surface area contributed by atoms with Crippen LogP contribution in [0.1, 0.15) is 44.9 Å². The van der Waals surface area contributed by atoms with Crippen molar-refractivity contribution in [2.45, 2.75) is 61.1 Å². The quantitative estimate of drug-likeness (QED) is 0.562. The van der Waals surface area contributed by atoms with Crippen molar-refractivity contribution in [1.29, 1.82) is 0 Å². The van der Waals surface area contributed by atoms with E-state index in [2.05, 4.69) is 16.0 Å². The van der Waals surface area contributed by atoms with Crippen molar-refractivity contribution in [3.8, 4) is 0 Å². The zero-order valence-corrected chi connectivity index (χ0v) is 17.1. The number of thioether (sulfide) groups is 1. The minimum absolute atomic E-state index is 0.0426. The number of halogens is 2. The molecule has 0 aliphatic heterocycles. The van der Waals surface area contributed by atoms with E-state index in [9.17, 15) is 18.4 Å². The van der Waals surface area contributed by atoms with Crippen molar-refractivity contribution >= 4 is 29.4 Å². The molecule has 1 aromatic rings. The summed E-state index contributed by atoms with van der Waals surface area (Å²) in [5.74, 6) is -0.408. The Morgan fingerprint density at radius 1 is 1.03 bits per heavy atom. The second-order valence-corrected chi connectivity index (χ2v) is 9.84. The predicted molar refractivity (Wildman–Crippen MR) is 109 cm³/mol. The Labute approximate surface area is 173 Å². The molecule has 29 heavy (non-hydrogen) atoms. The van der Waals surface area contributed by atoms with Crippen LogP contribution in [0.3, 0.4) is 0 Å². The Morgan fingerprint density at radius 2 is 1.62 bits per heavy atom. The van der Waals surface area contributed by atoms with Gasteiger partial charge in [0.25, 0.3) is 5.76 Å². The Bertz CT molecular complexity index is 722. The van der Waals surface area contributed by atoms with Crippen LogP contribution < -0.4 is 16.0 Å². The molecule has 0 aromatic heterocycles. The summed E-state index contributed by atoms with van der Waals surface area (Å²) in [5, 5.41) is 8.75. The van der Waals surface area contributed by atoms with Crippen molar-refractivity contribution in [2.75, 3.05) is 11.9 Å². The molecule has 0 atom stereocenters. The molecule has 1 aromatic carbocycles. The first-order valence-electron chi connectivity index (χ1n) is 10.3. The predicted octanol–water partition coefficient (Wildman–Crippen LogP) is 4.60. The number of urea groups is 1. The molecule has 4 fully saturated rings. The molecular weight excluding hydrogens is 396 g/mol. The molecule has 8 heteroatoms. The van der Waals surface area contributed by atoms with Gasteiger partial charge in [-0.3, -0.25) is 4.79 Å². The van der Waals surface area contributed by atoms with E-state index in [4.69, 9.17) is 0 Å². The Balaban J connectivity index is 1.18. The van der Waals surface area contributed by atoms with E-state index in [0.717, 1.165) is 37.0 Å². The van der Waals surface area contributed by atoms with Crippen molar-refractivity contribution in [1.82, 2.24) is 10.6 Å². The lowest BCUT2D eigenvalue weighted by Gasteiger charge is -2.56. The van der Waals surface area contributed by atoms with Gasteiger partial charge in [0.05, 0.1) is 0 Å². The number of carbonyl (C=O) groups excluding carboxylic acids is 2. The van der Waals surface area contributed by atoms with Gasteiger partial charge >= 0.3 is 6.03 Å². The van der Waals surface area contributed by atoms with Crippen molar-refractivity contribution in [2.24, 2.45) is 17.8 Å². The first kappa shape index (κ1) is 20.4. The van der Waals surface area contributed by atoms with Crippen LogP contribution in [-0.2, 0) is 4.79 Å². The number of hydrogen-bond acceptors (Lipinski definition) is 3. The van der Waals surface area contributed by atoms with Gasteiger partial charge in [-0.1, -0.05) is 11.8 Å². The van der Waals surface area contributed by atoms with Crippen LogP contribution in [-0.4, -0.2) is 29.8 Å². The number of anilines is 1. The summed E-state index contributed by atoms with van der Waals surface area (Å²) < 4.78 is 24.7. The first-order valence-corrected chi connectivity index (χ1v) is 11.2. The van der Waals surface area contributed by atoms with Gasteiger partial charge < -0.3 is 16.0 Å². The standard InChI is InChI=1S/C21H27F2N3O2S/c22-19(23)29-17-3-1-16(2-4-17)25-18(27)5-6-24-20(28)26-21-10-13-7-14(11-21)9-15(8-13)12-21/h1-4,13-15,19H,5-12H2,(H,25,27)(H2,24,26,28). The van der Waals surface area contributed by atoms with Crippen molar-refractivity contribution in [3.63, 3.8) is 0 Å². The number of carbonyl (C=O) groups is 2. The maximum Gasteiger partial charge on any atom is 0.315 e. The van der Waals surface area contributed by atoms with Gasteiger partial charge in [0.1, 0.15) is 0 Å². The van der Waals surface area contributed by atoms with E-state index in [0.29, 0.717) is 22.3 Å². The average Bonchev–Trinajstić information content (AvgIpc) is 2.61. The fourth-order valence-electron chi connectivity index (χ4n) is 5.78. The van der Waals surface area contributed by atoms with Crippen LogP contribution in [0.15, 0.2) is 29.2 Å². The normalized spacial score (nSPS) is 29.7. The van der Waals surface area contributed by atoms with E-state index in [-0.39, 0.29) is 30.4 Å².